The summed E-state index contributed by atoms with van der Waals surface area (Å²) in [5.41, 5.74) is 1.02. The molecule has 1 atom stereocenters. The second kappa shape index (κ2) is 7.30. The van der Waals surface area contributed by atoms with Gasteiger partial charge >= 0.3 is 0 Å². The van der Waals surface area contributed by atoms with Crippen LogP contribution in [0.25, 0.3) is 0 Å². The average molecular weight is 255 g/mol. The van der Waals surface area contributed by atoms with Gasteiger partial charge in [-0.3, -0.25) is 4.79 Å². The molecule has 94 valence electrons. The Morgan fingerprint density at radius 3 is 2.88 bits per heavy atom. The summed E-state index contributed by atoms with van der Waals surface area (Å²) < 4.78 is 0. The van der Waals surface area contributed by atoms with Crippen LogP contribution >= 0.6 is 11.6 Å². The fourth-order valence-electron chi connectivity index (χ4n) is 1.46. The van der Waals surface area contributed by atoms with Gasteiger partial charge in [-0.25, -0.2) is 0 Å². The molecule has 1 rings (SSSR count). The van der Waals surface area contributed by atoms with Crippen molar-refractivity contribution in [2.75, 3.05) is 13.1 Å². The van der Waals surface area contributed by atoms with Crippen molar-refractivity contribution >= 4 is 17.5 Å². The second-order valence-electron chi connectivity index (χ2n) is 4.06. The molecule has 1 unspecified atom stereocenters. The summed E-state index contributed by atoms with van der Waals surface area (Å²) in [4.78, 5) is 11.7. The Bertz CT molecular complexity index is 368. The van der Waals surface area contributed by atoms with Crippen LogP contribution in [0, 0.1) is 5.92 Å². The molecular weight excluding hydrogens is 236 g/mol. The molecule has 0 aliphatic rings. The first-order valence-corrected chi connectivity index (χ1v) is 6.24. The highest BCUT2D eigenvalue weighted by molar-refractivity contribution is 6.30. The van der Waals surface area contributed by atoms with Crippen molar-refractivity contribution in [1.29, 1.82) is 0 Å². The van der Waals surface area contributed by atoms with E-state index in [0.29, 0.717) is 18.1 Å². The van der Waals surface area contributed by atoms with Gasteiger partial charge in [0.05, 0.1) is 0 Å². The second-order valence-corrected chi connectivity index (χ2v) is 4.49. The molecule has 0 radical (unpaired) electrons. The van der Waals surface area contributed by atoms with E-state index >= 15 is 0 Å². The van der Waals surface area contributed by atoms with Crippen LogP contribution < -0.4 is 10.6 Å². The zero-order chi connectivity index (χ0) is 12.7. The molecule has 0 bridgehead atoms. The standard InChI is InChI=1S/C13H19ClN2O/c1-3-15-8-10(2)13(17)16-9-11-5-4-6-12(14)7-11/h4-7,10,15H,3,8-9H2,1-2H3,(H,16,17). The average Bonchev–Trinajstić information content (AvgIpc) is 2.33. The molecule has 0 aliphatic heterocycles. The van der Waals surface area contributed by atoms with Crippen LogP contribution in [-0.2, 0) is 11.3 Å². The maximum atomic E-state index is 11.7. The van der Waals surface area contributed by atoms with E-state index < -0.39 is 0 Å². The highest BCUT2D eigenvalue weighted by Crippen LogP contribution is 2.10. The SMILES string of the molecule is CCNCC(C)C(=O)NCc1cccc(Cl)c1. The van der Waals surface area contributed by atoms with E-state index in [4.69, 9.17) is 11.6 Å². The van der Waals surface area contributed by atoms with Gasteiger partial charge in [-0.1, -0.05) is 37.6 Å². The minimum Gasteiger partial charge on any atom is -0.352 e. The third kappa shape index (κ3) is 5.20. The van der Waals surface area contributed by atoms with Crippen molar-refractivity contribution < 1.29 is 4.79 Å². The zero-order valence-corrected chi connectivity index (χ0v) is 11.1. The van der Waals surface area contributed by atoms with E-state index in [-0.39, 0.29) is 11.8 Å². The highest BCUT2D eigenvalue weighted by atomic mass is 35.5. The summed E-state index contributed by atoms with van der Waals surface area (Å²) in [7, 11) is 0. The van der Waals surface area contributed by atoms with Crippen LogP contribution in [0.2, 0.25) is 5.02 Å². The minimum absolute atomic E-state index is 0.0193. The summed E-state index contributed by atoms with van der Waals surface area (Å²) >= 11 is 5.87. The summed E-state index contributed by atoms with van der Waals surface area (Å²) in [6.45, 7) is 6.05. The number of hydrogen-bond acceptors (Lipinski definition) is 2. The molecule has 0 saturated carbocycles. The topological polar surface area (TPSA) is 41.1 Å². The van der Waals surface area contributed by atoms with Crippen molar-refractivity contribution in [1.82, 2.24) is 10.6 Å². The van der Waals surface area contributed by atoms with E-state index in [2.05, 4.69) is 10.6 Å². The summed E-state index contributed by atoms with van der Waals surface area (Å²) in [6, 6.07) is 7.50. The molecule has 0 spiro atoms. The fraction of sp³-hybridized carbons (Fsp3) is 0.462. The predicted octanol–water partition coefficient (Wildman–Crippen LogP) is 2.20. The van der Waals surface area contributed by atoms with Crippen molar-refractivity contribution in [3.8, 4) is 0 Å². The molecule has 3 nitrogen and oxygen atoms in total. The quantitative estimate of drug-likeness (QED) is 0.817. The van der Waals surface area contributed by atoms with Gasteiger partial charge in [0.25, 0.3) is 0 Å². The number of amides is 1. The molecule has 0 aromatic heterocycles. The molecule has 0 aliphatic carbocycles. The van der Waals surface area contributed by atoms with E-state index in [1.165, 1.54) is 0 Å². The number of hydrogen-bond donors (Lipinski definition) is 2. The predicted molar refractivity (Wildman–Crippen MR) is 71.0 cm³/mol. The lowest BCUT2D eigenvalue weighted by Crippen LogP contribution is -2.34. The van der Waals surface area contributed by atoms with Crippen molar-refractivity contribution in [2.24, 2.45) is 5.92 Å². The monoisotopic (exact) mass is 254 g/mol. The first kappa shape index (κ1) is 14.0. The van der Waals surface area contributed by atoms with Crippen LogP contribution in [-0.4, -0.2) is 19.0 Å². The Balaban J connectivity index is 2.37. The van der Waals surface area contributed by atoms with Crippen molar-refractivity contribution in [3.63, 3.8) is 0 Å². The first-order chi connectivity index (χ1) is 8.13. The van der Waals surface area contributed by atoms with Gasteiger partial charge < -0.3 is 10.6 Å². The molecule has 2 N–H and O–H groups in total. The van der Waals surface area contributed by atoms with Crippen LogP contribution in [0.1, 0.15) is 19.4 Å². The highest BCUT2D eigenvalue weighted by Gasteiger charge is 2.11. The van der Waals surface area contributed by atoms with Gasteiger partial charge in [0.1, 0.15) is 0 Å². The Hall–Kier alpha value is -1.06. The summed E-state index contributed by atoms with van der Waals surface area (Å²) in [5.74, 6) is 0.0417. The van der Waals surface area contributed by atoms with Gasteiger partial charge in [0, 0.05) is 24.0 Å². The van der Waals surface area contributed by atoms with Gasteiger partial charge in [0.15, 0.2) is 0 Å². The Morgan fingerprint density at radius 2 is 2.24 bits per heavy atom. The van der Waals surface area contributed by atoms with Crippen LogP contribution in [0.3, 0.4) is 0 Å². The van der Waals surface area contributed by atoms with Crippen molar-refractivity contribution in [2.45, 2.75) is 20.4 Å². The number of carbonyl (C=O) groups is 1. The number of benzene rings is 1. The maximum absolute atomic E-state index is 11.7. The lowest BCUT2D eigenvalue weighted by Gasteiger charge is -2.12. The third-order valence-corrected chi connectivity index (χ3v) is 2.74. The van der Waals surface area contributed by atoms with Gasteiger partial charge in [-0.15, -0.1) is 0 Å². The number of rotatable bonds is 6. The van der Waals surface area contributed by atoms with E-state index in [1.807, 2.05) is 38.1 Å². The van der Waals surface area contributed by atoms with Crippen LogP contribution in [0.4, 0.5) is 0 Å². The summed E-state index contributed by atoms with van der Waals surface area (Å²) in [6.07, 6.45) is 0. The van der Waals surface area contributed by atoms with Crippen LogP contribution in [0.15, 0.2) is 24.3 Å². The Kier molecular flexibility index (Phi) is 6.01. The molecule has 1 amide bonds. The molecule has 1 aromatic rings. The minimum atomic E-state index is -0.0193. The zero-order valence-electron chi connectivity index (χ0n) is 10.3. The lowest BCUT2D eigenvalue weighted by atomic mass is 10.1. The first-order valence-electron chi connectivity index (χ1n) is 5.86. The Morgan fingerprint density at radius 1 is 1.47 bits per heavy atom. The van der Waals surface area contributed by atoms with E-state index in [0.717, 1.165) is 12.1 Å². The lowest BCUT2D eigenvalue weighted by molar-refractivity contribution is -0.124. The van der Waals surface area contributed by atoms with E-state index in [1.54, 1.807) is 0 Å². The molecular formula is C13H19ClN2O. The molecule has 1 aromatic carbocycles. The van der Waals surface area contributed by atoms with Gasteiger partial charge in [-0.05, 0) is 24.2 Å². The maximum Gasteiger partial charge on any atom is 0.224 e. The number of halogens is 1. The third-order valence-electron chi connectivity index (χ3n) is 2.50. The molecule has 0 heterocycles. The number of nitrogens with one attached hydrogen (secondary N) is 2. The smallest absolute Gasteiger partial charge is 0.224 e. The van der Waals surface area contributed by atoms with Crippen molar-refractivity contribution in [3.05, 3.63) is 34.9 Å². The fourth-order valence-corrected chi connectivity index (χ4v) is 1.68. The Labute approximate surface area is 108 Å². The number of carbonyl (C=O) groups excluding carboxylic acids is 1. The molecule has 4 heteroatoms. The normalized spacial score (nSPS) is 12.2. The molecule has 17 heavy (non-hydrogen) atoms. The van der Waals surface area contributed by atoms with Crippen LogP contribution in [0.5, 0.6) is 0 Å². The van der Waals surface area contributed by atoms with Gasteiger partial charge in [-0.2, -0.15) is 0 Å². The molecule has 0 saturated heterocycles. The summed E-state index contributed by atoms with van der Waals surface area (Å²) in [5, 5.41) is 6.74. The molecule has 0 fully saturated rings. The van der Waals surface area contributed by atoms with E-state index in [9.17, 15) is 4.79 Å². The largest absolute Gasteiger partial charge is 0.352 e. The van der Waals surface area contributed by atoms with Gasteiger partial charge in [0.2, 0.25) is 5.91 Å².